The fourth-order valence-electron chi connectivity index (χ4n) is 2.42. The first kappa shape index (κ1) is 18.4. The maximum absolute atomic E-state index is 11.8. The molecule has 7 heteroatoms. The Hall–Kier alpha value is -1.63. The van der Waals surface area contributed by atoms with E-state index in [1.54, 1.807) is 6.92 Å². The van der Waals surface area contributed by atoms with Gasteiger partial charge in [-0.15, -0.1) is 0 Å². The predicted octanol–water partition coefficient (Wildman–Crippen LogP) is -0.0961. The van der Waals surface area contributed by atoms with Gasteiger partial charge in [-0.25, -0.2) is 0 Å². The molecule has 0 aromatic heterocycles. The Morgan fingerprint density at radius 1 is 1.18 bits per heavy atom. The van der Waals surface area contributed by atoms with Gasteiger partial charge in [0, 0.05) is 13.1 Å². The third-order valence-corrected chi connectivity index (χ3v) is 3.51. The summed E-state index contributed by atoms with van der Waals surface area (Å²) in [6.07, 6.45) is 2.53. The number of hydrogen-bond acceptors (Lipinski definition) is 5. The maximum Gasteiger partial charge on any atom is 0.310 e. The van der Waals surface area contributed by atoms with Crippen LogP contribution in [-0.2, 0) is 19.1 Å². The van der Waals surface area contributed by atoms with Crippen LogP contribution in [0.5, 0.6) is 0 Å². The number of carbonyl (C=O) groups excluding carboxylic acids is 3. The number of nitrogens with zero attached hydrogens (tertiary/aromatic N) is 1. The summed E-state index contributed by atoms with van der Waals surface area (Å²) in [5, 5.41) is 5.30. The van der Waals surface area contributed by atoms with Crippen molar-refractivity contribution in [2.75, 3.05) is 39.3 Å². The number of likely N-dealkylation sites (tertiary alicyclic amines) is 1. The number of rotatable bonds is 8. The average molecular weight is 313 g/mol. The van der Waals surface area contributed by atoms with Crippen LogP contribution in [0.15, 0.2) is 0 Å². The highest BCUT2D eigenvalue weighted by Gasteiger charge is 2.27. The van der Waals surface area contributed by atoms with Crippen LogP contribution in [0.4, 0.5) is 0 Å². The zero-order chi connectivity index (χ0) is 16.4. The molecule has 0 unspecified atom stereocenters. The molecule has 7 nitrogen and oxygen atoms in total. The monoisotopic (exact) mass is 313 g/mol. The molecule has 0 radical (unpaired) electrons. The minimum Gasteiger partial charge on any atom is -0.466 e. The molecule has 2 amide bonds. The van der Waals surface area contributed by atoms with Crippen molar-refractivity contribution in [2.45, 2.75) is 33.1 Å². The molecule has 1 aliphatic heterocycles. The van der Waals surface area contributed by atoms with Crippen molar-refractivity contribution in [1.82, 2.24) is 15.5 Å². The van der Waals surface area contributed by atoms with E-state index in [2.05, 4.69) is 10.6 Å². The van der Waals surface area contributed by atoms with E-state index in [-0.39, 0.29) is 36.8 Å². The van der Waals surface area contributed by atoms with Crippen molar-refractivity contribution in [3.05, 3.63) is 0 Å². The molecule has 1 fully saturated rings. The van der Waals surface area contributed by atoms with Gasteiger partial charge in [0.15, 0.2) is 0 Å². The van der Waals surface area contributed by atoms with Gasteiger partial charge in [-0.1, -0.05) is 6.92 Å². The molecular formula is C15H27N3O4. The molecule has 1 aliphatic rings. The van der Waals surface area contributed by atoms with Gasteiger partial charge < -0.3 is 15.4 Å². The minimum atomic E-state index is -0.198. The highest BCUT2D eigenvalue weighted by Crippen LogP contribution is 2.17. The molecule has 0 aromatic rings. The topological polar surface area (TPSA) is 87.7 Å². The quantitative estimate of drug-likeness (QED) is 0.611. The van der Waals surface area contributed by atoms with Crippen LogP contribution in [0, 0.1) is 5.92 Å². The minimum absolute atomic E-state index is 0.00597. The van der Waals surface area contributed by atoms with Crippen LogP contribution in [-0.4, -0.2) is 62.0 Å². The van der Waals surface area contributed by atoms with E-state index in [0.717, 1.165) is 25.8 Å². The Labute approximate surface area is 131 Å². The van der Waals surface area contributed by atoms with Gasteiger partial charge >= 0.3 is 5.97 Å². The van der Waals surface area contributed by atoms with Crippen molar-refractivity contribution in [3.63, 3.8) is 0 Å². The predicted molar refractivity (Wildman–Crippen MR) is 82.1 cm³/mol. The molecule has 126 valence electrons. The van der Waals surface area contributed by atoms with Crippen molar-refractivity contribution >= 4 is 17.8 Å². The van der Waals surface area contributed by atoms with E-state index < -0.39 is 0 Å². The van der Waals surface area contributed by atoms with Gasteiger partial charge in [-0.3, -0.25) is 19.3 Å². The summed E-state index contributed by atoms with van der Waals surface area (Å²) in [5.74, 6) is -0.727. The van der Waals surface area contributed by atoms with E-state index in [1.165, 1.54) is 0 Å². The summed E-state index contributed by atoms with van der Waals surface area (Å²) < 4.78 is 5.03. The molecule has 1 saturated heterocycles. The molecule has 1 rings (SSSR count). The molecule has 0 spiro atoms. The largest absolute Gasteiger partial charge is 0.466 e. The standard InChI is InChI=1S/C15H27N3O4/c1-3-7-16-13(19)9-17-14(20)11-18-8-5-6-12(10-18)15(21)22-4-2/h12H,3-11H2,1-2H3,(H,16,19)(H,17,20)/t12-/m0/s1. The summed E-state index contributed by atoms with van der Waals surface area (Å²) >= 11 is 0. The van der Waals surface area contributed by atoms with E-state index in [9.17, 15) is 14.4 Å². The Balaban J connectivity index is 2.28. The third kappa shape index (κ3) is 6.89. The molecule has 0 saturated carbocycles. The van der Waals surface area contributed by atoms with Crippen LogP contribution in [0.3, 0.4) is 0 Å². The molecule has 2 N–H and O–H groups in total. The normalized spacial score (nSPS) is 18.5. The number of hydrogen-bond donors (Lipinski definition) is 2. The number of piperidine rings is 1. The molecule has 1 heterocycles. The number of esters is 1. The van der Waals surface area contributed by atoms with E-state index >= 15 is 0 Å². The number of carbonyl (C=O) groups is 3. The number of ether oxygens (including phenoxy) is 1. The van der Waals surface area contributed by atoms with Crippen LogP contribution in [0.1, 0.15) is 33.1 Å². The maximum atomic E-state index is 11.8. The molecule has 0 bridgehead atoms. The Bertz CT molecular complexity index is 387. The van der Waals surface area contributed by atoms with Gasteiger partial charge in [0.25, 0.3) is 0 Å². The van der Waals surface area contributed by atoms with Crippen LogP contribution in [0.2, 0.25) is 0 Å². The Morgan fingerprint density at radius 3 is 2.64 bits per heavy atom. The van der Waals surface area contributed by atoms with Crippen LogP contribution < -0.4 is 10.6 Å². The summed E-state index contributed by atoms with van der Waals surface area (Å²) in [6.45, 7) is 6.26. The van der Waals surface area contributed by atoms with Crippen molar-refractivity contribution in [3.8, 4) is 0 Å². The lowest BCUT2D eigenvalue weighted by atomic mass is 9.98. The first-order chi connectivity index (χ1) is 10.6. The number of nitrogens with one attached hydrogen (secondary N) is 2. The van der Waals surface area contributed by atoms with Gasteiger partial charge in [0.05, 0.1) is 25.6 Å². The molecule has 1 atom stereocenters. The SMILES string of the molecule is CCCNC(=O)CNC(=O)CN1CCC[C@H](C(=O)OCC)C1. The average Bonchev–Trinajstić information content (AvgIpc) is 2.51. The van der Waals surface area contributed by atoms with E-state index in [1.807, 2.05) is 11.8 Å². The Morgan fingerprint density at radius 2 is 1.95 bits per heavy atom. The molecule has 0 aromatic carbocycles. The summed E-state index contributed by atoms with van der Waals surface area (Å²) in [4.78, 5) is 36.9. The smallest absolute Gasteiger partial charge is 0.310 e. The first-order valence-corrected chi connectivity index (χ1v) is 7.99. The van der Waals surface area contributed by atoms with Gasteiger partial charge in [0.2, 0.25) is 11.8 Å². The van der Waals surface area contributed by atoms with Gasteiger partial charge in [-0.2, -0.15) is 0 Å². The van der Waals surface area contributed by atoms with Gasteiger partial charge in [-0.05, 0) is 32.7 Å². The Kier molecular flexibility index (Phi) is 8.50. The first-order valence-electron chi connectivity index (χ1n) is 7.99. The molecule has 0 aliphatic carbocycles. The second-order valence-corrected chi connectivity index (χ2v) is 5.45. The lowest BCUT2D eigenvalue weighted by molar-refractivity contribution is -0.150. The van der Waals surface area contributed by atoms with Crippen molar-refractivity contribution in [2.24, 2.45) is 5.92 Å². The zero-order valence-corrected chi connectivity index (χ0v) is 13.5. The van der Waals surface area contributed by atoms with Crippen LogP contribution in [0.25, 0.3) is 0 Å². The van der Waals surface area contributed by atoms with Gasteiger partial charge in [0.1, 0.15) is 0 Å². The summed E-state index contributed by atoms with van der Waals surface area (Å²) in [7, 11) is 0. The van der Waals surface area contributed by atoms with E-state index in [4.69, 9.17) is 4.74 Å². The van der Waals surface area contributed by atoms with Crippen molar-refractivity contribution in [1.29, 1.82) is 0 Å². The fraction of sp³-hybridized carbons (Fsp3) is 0.800. The lowest BCUT2D eigenvalue weighted by Gasteiger charge is -2.30. The third-order valence-electron chi connectivity index (χ3n) is 3.51. The highest BCUT2D eigenvalue weighted by molar-refractivity contribution is 5.85. The summed E-state index contributed by atoms with van der Waals surface area (Å²) in [5.41, 5.74) is 0. The lowest BCUT2D eigenvalue weighted by Crippen LogP contribution is -2.46. The zero-order valence-electron chi connectivity index (χ0n) is 13.5. The van der Waals surface area contributed by atoms with Crippen molar-refractivity contribution < 1.29 is 19.1 Å². The molecular weight excluding hydrogens is 286 g/mol. The highest BCUT2D eigenvalue weighted by atomic mass is 16.5. The fourth-order valence-corrected chi connectivity index (χ4v) is 2.42. The number of amides is 2. The molecule has 22 heavy (non-hydrogen) atoms. The second kappa shape index (κ2) is 10.2. The van der Waals surface area contributed by atoms with Crippen LogP contribution >= 0.6 is 0 Å². The summed E-state index contributed by atoms with van der Waals surface area (Å²) in [6, 6.07) is 0. The second-order valence-electron chi connectivity index (χ2n) is 5.45. The van der Waals surface area contributed by atoms with E-state index in [0.29, 0.717) is 19.7 Å².